The second kappa shape index (κ2) is 5.97. The van der Waals surface area contributed by atoms with E-state index in [9.17, 15) is 9.90 Å². The van der Waals surface area contributed by atoms with Gasteiger partial charge in [0.2, 0.25) is 0 Å². The monoisotopic (exact) mass is 283 g/mol. The molecule has 0 spiro atoms. The standard InChI is InChI=1S/C17H17NO3/c19-17(20)18(14-9-2-1-3-10-14)21-16-12-6-8-13-7-4-5-11-15(13)16/h1-5,7,9-11,16H,6,8,12H2,(H,19,20). The lowest BCUT2D eigenvalue weighted by Crippen LogP contribution is -2.32. The summed E-state index contributed by atoms with van der Waals surface area (Å²) >= 11 is 0. The van der Waals surface area contributed by atoms with Crippen LogP contribution in [-0.2, 0) is 11.3 Å². The molecule has 0 fully saturated rings. The topological polar surface area (TPSA) is 49.8 Å². The van der Waals surface area contributed by atoms with Gasteiger partial charge in [0.05, 0.1) is 5.69 Å². The van der Waals surface area contributed by atoms with Crippen molar-refractivity contribution in [2.24, 2.45) is 0 Å². The summed E-state index contributed by atoms with van der Waals surface area (Å²) in [7, 11) is 0. The Morgan fingerprint density at radius 1 is 1.10 bits per heavy atom. The van der Waals surface area contributed by atoms with Gasteiger partial charge in [-0.05, 0) is 42.5 Å². The Balaban J connectivity index is 1.86. The molecule has 0 radical (unpaired) electrons. The van der Waals surface area contributed by atoms with Crippen molar-refractivity contribution in [3.63, 3.8) is 0 Å². The molecule has 1 N–H and O–H groups in total. The van der Waals surface area contributed by atoms with Gasteiger partial charge < -0.3 is 5.11 Å². The summed E-state index contributed by atoms with van der Waals surface area (Å²) in [5, 5.41) is 10.4. The number of carbonyl (C=O) groups is 1. The van der Waals surface area contributed by atoms with E-state index in [1.54, 1.807) is 24.3 Å². The highest BCUT2D eigenvalue weighted by molar-refractivity contribution is 5.83. The van der Waals surface area contributed by atoms with Crippen LogP contribution in [0, 0.1) is 0 Å². The van der Waals surface area contributed by atoms with Crippen LogP contribution in [0.5, 0.6) is 0 Å². The van der Waals surface area contributed by atoms with Gasteiger partial charge in [-0.1, -0.05) is 42.5 Å². The van der Waals surface area contributed by atoms with Crippen LogP contribution >= 0.6 is 0 Å². The third kappa shape index (κ3) is 2.90. The zero-order chi connectivity index (χ0) is 14.7. The van der Waals surface area contributed by atoms with E-state index in [1.807, 2.05) is 24.3 Å². The normalized spacial score (nSPS) is 17.0. The molecular weight excluding hydrogens is 266 g/mol. The SMILES string of the molecule is O=C(O)N(OC1CCCc2ccccc21)c1ccccc1. The first kappa shape index (κ1) is 13.6. The number of anilines is 1. The Labute approximate surface area is 123 Å². The molecule has 0 saturated heterocycles. The molecule has 1 amide bonds. The number of rotatable bonds is 3. The maximum Gasteiger partial charge on any atom is 0.436 e. The van der Waals surface area contributed by atoms with E-state index >= 15 is 0 Å². The number of nitrogens with zero attached hydrogens (tertiary/aromatic N) is 1. The number of para-hydroxylation sites is 1. The van der Waals surface area contributed by atoms with Crippen LogP contribution in [-0.4, -0.2) is 11.2 Å². The van der Waals surface area contributed by atoms with Crippen LogP contribution < -0.4 is 5.06 Å². The number of hydrogen-bond donors (Lipinski definition) is 1. The van der Waals surface area contributed by atoms with Crippen LogP contribution in [0.2, 0.25) is 0 Å². The summed E-state index contributed by atoms with van der Waals surface area (Å²) in [5.41, 5.74) is 2.85. The number of amides is 1. The second-order valence-electron chi connectivity index (χ2n) is 5.10. The third-order valence-corrected chi connectivity index (χ3v) is 3.71. The molecule has 1 aliphatic carbocycles. The van der Waals surface area contributed by atoms with Crippen LogP contribution in [0.3, 0.4) is 0 Å². The minimum atomic E-state index is -1.11. The molecule has 2 aromatic rings. The predicted octanol–water partition coefficient (Wildman–Crippen LogP) is 4.18. The minimum Gasteiger partial charge on any atom is -0.463 e. The summed E-state index contributed by atoms with van der Waals surface area (Å²) < 4.78 is 0. The van der Waals surface area contributed by atoms with Crippen molar-refractivity contribution in [1.82, 2.24) is 0 Å². The summed E-state index contributed by atoms with van der Waals surface area (Å²) in [6.07, 6.45) is 1.53. The molecule has 0 bridgehead atoms. The second-order valence-corrected chi connectivity index (χ2v) is 5.10. The van der Waals surface area contributed by atoms with Crippen LogP contribution in [0.15, 0.2) is 54.6 Å². The fourth-order valence-corrected chi connectivity index (χ4v) is 2.73. The lowest BCUT2D eigenvalue weighted by Gasteiger charge is -2.29. The maximum absolute atomic E-state index is 11.5. The average Bonchev–Trinajstić information content (AvgIpc) is 2.53. The van der Waals surface area contributed by atoms with Crippen molar-refractivity contribution >= 4 is 11.8 Å². The molecule has 0 aromatic heterocycles. The number of aryl methyl sites for hydroxylation is 1. The lowest BCUT2D eigenvalue weighted by molar-refractivity contribution is 0.0231. The van der Waals surface area contributed by atoms with Gasteiger partial charge in [-0.3, -0.25) is 4.84 Å². The fraction of sp³-hybridized carbons (Fsp3) is 0.235. The zero-order valence-electron chi connectivity index (χ0n) is 11.6. The van der Waals surface area contributed by atoms with Crippen molar-refractivity contribution in [1.29, 1.82) is 0 Å². The van der Waals surface area contributed by atoms with Crippen molar-refractivity contribution < 1.29 is 14.7 Å². The van der Waals surface area contributed by atoms with Crippen molar-refractivity contribution in [3.8, 4) is 0 Å². The largest absolute Gasteiger partial charge is 0.463 e. The zero-order valence-corrected chi connectivity index (χ0v) is 11.6. The van der Waals surface area contributed by atoms with E-state index in [2.05, 4.69) is 6.07 Å². The van der Waals surface area contributed by atoms with Gasteiger partial charge >= 0.3 is 6.09 Å². The van der Waals surface area contributed by atoms with E-state index in [-0.39, 0.29) is 6.10 Å². The van der Waals surface area contributed by atoms with Crippen LogP contribution in [0.4, 0.5) is 10.5 Å². The Hall–Kier alpha value is -2.33. The first-order valence-electron chi connectivity index (χ1n) is 7.08. The van der Waals surface area contributed by atoms with E-state index in [0.29, 0.717) is 5.69 Å². The van der Waals surface area contributed by atoms with Gasteiger partial charge in [0.15, 0.2) is 0 Å². The van der Waals surface area contributed by atoms with Gasteiger partial charge in [0.1, 0.15) is 6.10 Å². The molecule has 21 heavy (non-hydrogen) atoms. The first-order chi connectivity index (χ1) is 10.3. The molecule has 0 saturated carbocycles. The molecule has 3 rings (SSSR count). The molecule has 2 aromatic carbocycles. The van der Waals surface area contributed by atoms with Gasteiger partial charge in [0.25, 0.3) is 0 Å². The quantitative estimate of drug-likeness (QED) is 0.860. The highest BCUT2D eigenvalue weighted by atomic mass is 16.7. The molecule has 0 aliphatic heterocycles. The number of carboxylic acid groups (broad SMARTS) is 1. The third-order valence-electron chi connectivity index (χ3n) is 3.71. The van der Waals surface area contributed by atoms with Gasteiger partial charge in [0, 0.05) is 0 Å². The first-order valence-corrected chi connectivity index (χ1v) is 7.08. The van der Waals surface area contributed by atoms with E-state index in [1.165, 1.54) is 5.56 Å². The van der Waals surface area contributed by atoms with E-state index < -0.39 is 6.09 Å². The Bertz CT molecular complexity index is 627. The molecule has 1 atom stereocenters. The molecule has 108 valence electrons. The Kier molecular flexibility index (Phi) is 3.88. The number of hydroxylamine groups is 1. The van der Waals surface area contributed by atoms with Crippen molar-refractivity contribution in [2.45, 2.75) is 25.4 Å². The van der Waals surface area contributed by atoms with E-state index in [4.69, 9.17) is 4.84 Å². The van der Waals surface area contributed by atoms with Crippen molar-refractivity contribution in [2.75, 3.05) is 5.06 Å². The van der Waals surface area contributed by atoms with Crippen LogP contribution in [0.25, 0.3) is 0 Å². The highest BCUT2D eigenvalue weighted by Gasteiger charge is 2.26. The van der Waals surface area contributed by atoms with Gasteiger partial charge in [-0.15, -0.1) is 0 Å². The van der Waals surface area contributed by atoms with Crippen molar-refractivity contribution in [3.05, 3.63) is 65.7 Å². The Morgan fingerprint density at radius 3 is 2.57 bits per heavy atom. The molecular formula is C17H17NO3. The fourth-order valence-electron chi connectivity index (χ4n) is 2.73. The molecule has 1 unspecified atom stereocenters. The molecule has 4 nitrogen and oxygen atoms in total. The van der Waals surface area contributed by atoms with E-state index in [0.717, 1.165) is 29.9 Å². The lowest BCUT2D eigenvalue weighted by atomic mass is 9.90. The van der Waals surface area contributed by atoms with Gasteiger partial charge in [-0.2, -0.15) is 5.06 Å². The van der Waals surface area contributed by atoms with Gasteiger partial charge in [-0.25, -0.2) is 4.79 Å². The minimum absolute atomic E-state index is 0.216. The number of fused-ring (bicyclic) bond motifs is 1. The molecule has 1 aliphatic rings. The molecule has 0 heterocycles. The summed E-state index contributed by atoms with van der Waals surface area (Å²) in [6, 6.07) is 17.0. The highest BCUT2D eigenvalue weighted by Crippen LogP contribution is 2.34. The molecule has 4 heteroatoms. The smallest absolute Gasteiger partial charge is 0.436 e. The summed E-state index contributed by atoms with van der Waals surface area (Å²) in [5.74, 6) is 0. The summed E-state index contributed by atoms with van der Waals surface area (Å²) in [4.78, 5) is 17.3. The summed E-state index contributed by atoms with van der Waals surface area (Å²) in [6.45, 7) is 0. The van der Waals surface area contributed by atoms with Crippen LogP contribution in [0.1, 0.15) is 30.1 Å². The maximum atomic E-state index is 11.5. The number of benzene rings is 2. The average molecular weight is 283 g/mol. The predicted molar refractivity (Wildman–Crippen MR) is 80.2 cm³/mol. The Morgan fingerprint density at radius 2 is 1.81 bits per heavy atom. The number of hydrogen-bond acceptors (Lipinski definition) is 2.